The zero-order valence-electron chi connectivity index (χ0n) is 9.78. The van der Waals surface area contributed by atoms with Crippen molar-refractivity contribution in [3.8, 4) is 17.2 Å². The number of methoxy groups -OCH3 is 3. The van der Waals surface area contributed by atoms with E-state index < -0.39 is 0 Å². The highest BCUT2D eigenvalue weighted by atomic mass is 127. The second-order valence-corrected chi connectivity index (χ2v) is 4.52. The first-order chi connectivity index (χ1) is 8.22. The van der Waals surface area contributed by atoms with Crippen molar-refractivity contribution in [1.82, 2.24) is 4.98 Å². The fraction of sp³-hybridized carbons (Fsp3) is 0.250. The lowest BCUT2D eigenvalue weighted by Crippen LogP contribution is -1.97. The molecule has 0 atom stereocenters. The van der Waals surface area contributed by atoms with Gasteiger partial charge in [-0.1, -0.05) is 0 Å². The molecule has 1 aromatic carbocycles. The number of aromatic nitrogens is 1. The Labute approximate surface area is 113 Å². The van der Waals surface area contributed by atoms with Gasteiger partial charge in [-0.05, 0) is 28.7 Å². The van der Waals surface area contributed by atoms with E-state index in [0.717, 1.165) is 14.3 Å². The number of rotatable bonds is 3. The number of ether oxygens (including phenoxy) is 3. The van der Waals surface area contributed by atoms with Gasteiger partial charge in [-0.2, -0.15) is 0 Å². The summed E-state index contributed by atoms with van der Waals surface area (Å²) in [7, 11) is 4.81. The number of hydrogen-bond donors (Lipinski definition) is 0. The molecule has 0 N–H and O–H groups in total. The maximum atomic E-state index is 5.40. The summed E-state index contributed by atoms with van der Waals surface area (Å²) in [5.41, 5.74) is 0. The van der Waals surface area contributed by atoms with Crippen molar-refractivity contribution in [3.05, 3.63) is 22.0 Å². The van der Waals surface area contributed by atoms with Crippen LogP contribution < -0.4 is 14.2 Å². The van der Waals surface area contributed by atoms with Gasteiger partial charge < -0.3 is 14.2 Å². The third kappa shape index (κ3) is 1.99. The Morgan fingerprint density at radius 3 is 2.24 bits per heavy atom. The molecule has 0 saturated heterocycles. The van der Waals surface area contributed by atoms with Crippen LogP contribution in [-0.4, -0.2) is 26.3 Å². The normalized spacial score (nSPS) is 10.4. The second-order valence-electron chi connectivity index (χ2n) is 3.36. The number of fused-ring (bicyclic) bond motifs is 1. The summed E-state index contributed by atoms with van der Waals surface area (Å²) in [4.78, 5) is 4.17. The standard InChI is InChI=1S/C12H12INO3/c1-15-10-4-7-8(5-14-6-9(7)13)11(16-2)12(10)17-3/h4-6H,1-3H3. The molecule has 0 aliphatic rings. The Kier molecular flexibility index (Phi) is 3.56. The average molecular weight is 345 g/mol. The van der Waals surface area contributed by atoms with Gasteiger partial charge in [0.05, 0.1) is 21.3 Å². The Hall–Kier alpha value is -1.24. The summed E-state index contributed by atoms with van der Waals surface area (Å²) in [6.07, 6.45) is 3.56. The minimum Gasteiger partial charge on any atom is -0.493 e. The third-order valence-electron chi connectivity index (χ3n) is 2.52. The maximum absolute atomic E-state index is 5.40. The van der Waals surface area contributed by atoms with E-state index in [0.29, 0.717) is 17.2 Å². The van der Waals surface area contributed by atoms with Crippen LogP contribution in [0.15, 0.2) is 18.5 Å². The van der Waals surface area contributed by atoms with E-state index in [1.165, 1.54) is 0 Å². The molecule has 0 fully saturated rings. The number of nitrogens with zero attached hydrogens (tertiary/aromatic N) is 1. The molecule has 1 aromatic heterocycles. The fourth-order valence-electron chi connectivity index (χ4n) is 1.75. The molecule has 2 rings (SSSR count). The van der Waals surface area contributed by atoms with Crippen molar-refractivity contribution in [2.45, 2.75) is 0 Å². The minimum atomic E-state index is 0.589. The van der Waals surface area contributed by atoms with Crippen molar-refractivity contribution in [3.63, 3.8) is 0 Å². The van der Waals surface area contributed by atoms with E-state index in [9.17, 15) is 0 Å². The highest BCUT2D eigenvalue weighted by molar-refractivity contribution is 14.1. The molecular formula is C12H12INO3. The monoisotopic (exact) mass is 345 g/mol. The molecule has 0 radical (unpaired) electrons. The van der Waals surface area contributed by atoms with Crippen molar-refractivity contribution in [2.24, 2.45) is 0 Å². The molecule has 2 aromatic rings. The first kappa shape index (κ1) is 12.2. The molecule has 0 spiro atoms. The molecule has 0 amide bonds. The van der Waals surface area contributed by atoms with E-state index in [-0.39, 0.29) is 0 Å². The number of halogens is 1. The molecule has 17 heavy (non-hydrogen) atoms. The summed E-state index contributed by atoms with van der Waals surface area (Å²) in [6, 6.07) is 1.93. The molecule has 0 aliphatic heterocycles. The Morgan fingerprint density at radius 1 is 0.941 bits per heavy atom. The van der Waals surface area contributed by atoms with E-state index >= 15 is 0 Å². The van der Waals surface area contributed by atoms with Gasteiger partial charge in [0.1, 0.15) is 0 Å². The van der Waals surface area contributed by atoms with Crippen LogP contribution in [0.5, 0.6) is 17.2 Å². The van der Waals surface area contributed by atoms with Crippen LogP contribution in [0.3, 0.4) is 0 Å². The molecule has 0 saturated carbocycles. The Bertz CT molecular complexity index is 557. The number of hydrogen-bond acceptors (Lipinski definition) is 4. The van der Waals surface area contributed by atoms with E-state index in [2.05, 4.69) is 27.6 Å². The summed E-state index contributed by atoms with van der Waals surface area (Å²) in [5.74, 6) is 1.89. The van der Waals surface area contributed by atoms with Crippen LogP contribution in [0.4, 0.5) is 0 Å². The second kappa shape index (κ2) is 4.95. The molecule has 1 heterocycles. The Morgan fingerprint density at radius 2 is 1.65 bits per heavy atom. The van der Waals surface area contributed by atoms with Gasteiger partial charge in [0.25, 0.3) is 0 Å². The quantitative estimate of drug-likeness (QED) is 0.803. The lowest BCUT2D eigenvalue weighted by molar-refractivity contribution is 0.327. The molecule has 0 bridgehead atoms. The average Bonchev–Trinajstić information content (AvgIpc) is 2.36. The van der Waals surface area contributed by atoms with Crippen LogP contribution in [0.1, 0.15) is 0 Å². The van der Waals surface area contributed by atoms with Crippen LogP contribution in [0.25, 0.3) is 10.8 Å². The van der Waals surface area contributed by atoms with Gasteiger partial charge in [0, 0.05) is 26.7 Å². The molecule has 4 nitrogen and oxygen atoms in total. The smallest absolute Gasteiger partial charge is 0.204 e. The largest absolute Gasteiger partial charge is 0.493 e. The van der Waals surface area contributed by atoms with E-state index in [1.54, 1.807) is 33.7 Å². The molecule has 90 valence electrons. The number of pyridine rings is 1. The lowest BCUT2D eigenvalue weighted by atomic mass is 10.1. The van der Waals surface area contributed by atoms with Gasteiger partial charge in [-0.3, -0.25) is 4.98 Å². The van der Waals surface area contributed by atoms with Crippen molar-refractivity contribution >= 4 is 33.4 Å². The van der Waals surface area contributed by atoms with E-state index in [1.807, 2.05) is 6.07 Å². The van der Waals surface area contributed by atoms with Crippen LogP contribution >= 0.6 is 22.6 Å². The summed E-state index contributed by atoms with van der Waals surface area (Å²) >= 11 is 2.23. The zero-order chi connectivity index (χ0) is 12.4. The van der Waals surface area contributed by atoms with Crippen molar-refractivity contribution in [2.75, 3.05) is 21.3 Å². The number of benzene rings is 1. The third-order valence-corrected chi connectivity index (χ3v) is 3.38. The predicted molar refractivity (Wildman–Crippen MR) is 74.1 cm³/mol. The molecule has 0 unspecified atom stereocenters. The van der Waals surface area contributed by atoms with Gasteiger partial charge >= 0.3 is 0 Å². The fourth-order valence-corrected chi connectivity index (χ4v) is 2.36. The highest BCUT2D eigenvalue weighted by Gasteiger charge is 2.16. The summed E-state index contributed by atoms with van der Waals surface area (Å²) in [6.45, 7) is 0. The zero-order valence-corrected chi connectivity index (χ0v) is 11.9. The lowest BCUT2D eigenvalue weighted by Gasteiger charge is -2.14. The maximum Gasteiger partial charge on any atom is 0.204 e. The van der Waals surface area contributed by atoms with Crippen LogP contribution in [-0.2, 0) is 0 Å². The van der Waals surface area contributed by atoms with Gasteiger partial charge in [0.2, 0.25) is 5.75 Å². The highest BCUT2D eigenvalue weighted by Crippen LogP contribution is 2.43. The summed E-state index contributed by atoms with van der Waals surface area (Å²) in [5, 5.41) is 1.95. The summed E-state index contributed by atoms with van der Waals surface area (Å²) < 4.78 is 17.1. The van der Waals surface area contributed by atoms with E-state index in [4.69, 9.17) is 14.2 Å². The molecular weight excluding hydrogens is 333 g/mol. The first-order valence-electron chi connectivity index (χ1n) is 4.95. The Balaban J connectivity index is 2.88. The van der Waals surface area contributed by atoms with Gasteiger partial charge in [-0.25, -0.2) is 0 Å². The van der Waals surface area contributed by atoms with Crippen molar-refractivity contribution in [1.29, 1.82) is 0 Å². The van der Waals surface area contributed by atoms with Crippen LogP contribution in [0, 0.1) is 3.57 Å². The van der Waals surface area contributed by atoms with Gasteiger partial charge in [-0.15, -0.1) is 0 Å². The predicted octanol–water partition coefficient (Wildman–Crippen LogP) is 2.87. The van der Waals surface area contributed by atoms with Crippen LogP contribution in [0.2, 0.25) is 0 Å². The first-order valence-corrected chi connectivity index (χ1v) is 6.03. The minimum absolute atomic E-state index is 0.589. The van der Waals surface area contributed by atoms with Gasteiger partial charge in [0.15, 0.2) is 11.5 Å². The van der Waals surface area contributed by atoms with Crippen molar-refractivity contribution < 1.29 is 14.2 Å². The SMILES string of the molecule is COc1cc2c(I)cncc2c(OC)c1OC. The molecule has 5 heteroatoms. The topological polar surface area (TPSA) is 40.6 Å². The molecule has 0 aliphatic carbocycles.